The first-order chi connectivity index (χ1) is 9.24. The average molecular weight is 262 g/mol. The van der Waals surface area contributed by atoms with Crippen molar-refractivity contribution in [3.8, 4) is 0 Å². The Kier molecular flexibility index (Phi) is 3.35. The molecule has 2 aromatic heterocycles. The van der Waals surface area contributed by atoms with E-state index in [2.05, 4.69) is 10.1 Å². The molecule has 1 saturated heterocycles. The van der Waals surface area contributed by atoms with Crippen molar-refractivity contribution in [1.82, 2.24) is 14.7 Å². The first-order valence-corrected chi connectivity index (χ1v) is 6.49. The molecule has 0 spiro atoms. The lowest BCUT2D eigenvalue weighted by molar-refractivity contribution is 0.180. The van der Waals surface area contributed by atoms with Crippen molar-refractivity contribution in [2.75, 3.05) is 13.2 Å². The molecule has 6 heteroatoms. The molecular weight excluding hydrogens is 244 g/mol. The number of imidazole rings is 1. The van der Waals surface area contributed by atoms with Crippen LogP contribution >= 0.6 is 0 Å². The van der Waals surface area contributed by atoms with Crippen molar-refractivity contribution >= 4 is 0 Å². The fraction of sp³-hybridized carbons (Fsp3) is 0.538. The first kappa shape index (κ1) is 12.4. The van der Waals surface area contributed by atoms with E-state index in [-0.39, 0.29) is 6.04 Å². The predicted molar refractivity (Wildman–Crippen MR) is 68.4 cm³/mol. The molecule has 102 valence electrons. The second-order valence-electron chi connectivity index (χ2n) is 5.02. The molecule has 0 aliphatic carbocycles. The molecule has 0 radical (unpaired) electrons. The highest BCUT2D eigenvalue weighted by molar-refractivity contribution is 5.11. The Hall–Kier alpha value is -1.66. The smallest absolute Gasteiger partial charge is 0.133 e. The van der Waals surface area contributed by atoms with Crippen LogP contribution in [0.3, 0.4) is 0 Å². The van der Waals surface area contributed by atoms with Gasteiger partial charge in [-0.15, -0.1) is 0 Å². The summed E-state index contributed by atoms with van der Waals surface area (Å²) in [6.07, 6.45) is 4.63. The molecule has 2 aromatic rings. The number of nitrogens with zero attached hydrogens (tertiary/aromatic N) is 3. The minimum atomic E-state index is -0.0435. The lowest BCUT2D eigenvalue weighted by Gasteiger charge is -2.18. The number of hydrogen-bond acceptors (Lipinski definition) is 5. The normalized spacial score (nSPS) is 20.8. The molecule has 0 bridgehead atoms. The van der Waals surface area contributed by atoms with Crippen LogP contribution in [0.4, 0.5) is 0 Å². The SMILES string of the molecule is Cc1cc(Cn2cncc2C(N)C2CCOC2)no1. The van der Waals surface area contributed by atoms with Gasteiger partial charge in [0, 0.05) is 24.8 Å². The average Bonchev–Trinajstić information content (AvgIpc) is 3.10. The molecule has 19 heavy (non-hydrogen) atoms. The largest absolute Gasteiger partial charge is 0.381 e. The van der Waals surface area contributed by atoms with Gasteiger partial charge in [0.25, 0.3) is 0 Å². The highest BCUT2D eigenvalue weighted by atomic mass is 16.5. The number of nitrogens with two attached hydrogens (primary N) is 1. The minimum absolute atomic E-state index is 0.0435. The van der Waals surface area contributed by atoms with E-state index in [1.54, 1.807) is 6.33 Å². The van der Waals surface area contributed by atoms with Gasteiger partial charge in [-0.2, -0.15) is 0 Å². The van der Waals surface area contributed by atoms with E-state index in [0.717, 1.165) is 36.8 Å². The number of hydrogen-bond donors (Lipinski definition) is 1. The molecule has 1 aliphatic heterocycles. The van der Waals surface area contributed by atoms with Crippen LogP contribution in [0.25, 0.3) is 0 Å². The zero-order valence-electron chi connectivity index (χ0n) is 11.0. The third-order valence-corrected chi connectivity index (χ3v) is 3.57. The topological polar surface area (TPSA) is 79.1 Å². The van der Waals surface area contributed by atoms with Crippen LogP contribution in [-0.4, -0.2) is 27.9 Å². The zero-order chi connectivity index (χ0) is 13.2. The maximum absolute atomic E-state index is 6.32. The summed E-state index contributed by atoms with van der Waals surface area (Å²) < 4.78 is 12.5. The Morgan fingerprint density at radius 3 is 3.16 bits per heavy atom. The summed E-state index contributed by atoms with van der Waals surface area (Å²) in [6, 6.07) is 1.88. The van der Waals surface area contributed by atoms with Gasteiger partial charge >= 0.3 is 0 Å². The Bertz CT molecular complexity index is 542. The van der Waals surface area contributed by atoms with Gasteiger partial charge in [0.1, 0.15) is 11.5 Å². The third-order valence-electron chi connectivity index (χ3n) is 3.57. The van der Waals surface area contributed by atoms with Gasteiger partial charge in [0.05, 0.1) is 31.2 Å². The molecule has 2 N–H and O–H groups in total. The number of aromatic nitrogens is 3. The van der Waals surface area contributed by atoms with E-state index in [0.29, 0.717) is 12.5 Å². The number of ether oxygens (including phenoxy) is 1. The second-order valence-corrected chi connectivity index (χ2v) is 5.02. The van der Waals surface area contributed by atoms with Crippen LogP contribution in [-0.2, 0) is 11.3 Å². The van der Waals surface area contributed by atoms with Crippen LogP contribution < -0.4 is 5.73 Å². The van der Waals surface area contributed by atoms with Gasteiger partial charge in [0.15, 0.2) is 0 Å². The summed E-state index contributed by atoms with van der Waals surface area (Å²) in [4.78, 5) is 4.20. The van der Waals surface area contributed by atoms with E-state index in [1.165, 1.54) is 0 Å². The molecular formula is C13H18N4O2. The fourth-order valence-corrected chi connectivity index (χ4v) is 2.49. The zero-order valence-corrected chi connectivity index (χ0v) is 11.0. The molecule has 0 amide bonds. The molecule has 0 saturated carbocycles. The minimum Gasteiger partial charge on any atom is -0.381 e. The van der Waals surface area contributed by atoms with Crippen LogP contribution in [0.1, 0.15) is 29.6 Å². The van der Waals surface area contributed by atoms with Gasteiger partial charge in [0.2, 0.25) is 0 Å². The highest BCUT2D eigenvalue weighted by Crippen LogP contribution is 2.26. The molecule has 1 aliphatic rings. The Morgan fingerprint density at radius 2 is 2.47 bits per heavy atom. The molecule has 0 aromatic carbocycles. The quantitative estimate of drug-likeness (QED) is 0.897. The van der Waals surface area contributed by atoms with Crippen molar-refractivity contribution < 1.29 is 9.26 Å². The lowest BCUT2D eigenvalue weighted by atomic mass is 9.97. The fourth-order valence-electron chi connectivity index (χ4n) is 2.49. The van der Waals surface area contributed by atoms with Crippen molar-refractivity contribution in [3.63, 3.8) is 0 Å². The van der Waals surface area contributed by atoms with Crippen LogP contribution in [0.2, 0.25) is 0 Å². The molecule has 6 nitrogen and oxygen atoms in total. The molecule has 3 rings (SSSR count). The monoisotopic (exact) mass is 262 g/mol. The predicted octanol–water partition coefficient (Wildman–Crippen LogP) is 1.26. The van der Waals surface area contributed by atoms with Crippen molar-refractivity contribution in [3.05, 3.63) is 35.7 Å². The van der Waals surface area contributed by atoms with E-state index in [9.17, 15) is 0 Å². The van der Waals surface area contributed by atoms with Gasteiger partial charge in [-0.05, 0) is 13.3 Å². The van der Waals surface area contributed by atoms with Crippen LogP contribution in [0.15, 0.2) is 23.1 Å². The molecule has 2 unspecified atom stereocenters. The standard InChI is InChI=1S/C13H18N4O2/c1-9-4-11(16-19-9)6-17-8-15-5-12(17)13(14)10-2-3-18-7-10/h4-5,8,10,13H,2-3,6-7,14H2,1H3. The summed E-state index contributed by atoms with van der Waals surface area (Å²) in [5, 5.41) is 4.00. The molecule has 1 fully saturated rings. The summed E-state index contributed by atoms with van der Waals surface area (Å²) in [6.45, 7) is 4.05. The van der Waals surface area contributed by atoms with E-state index in [4.69, 9.17) is 15.0 Å². The summed E-state index contributed by atoms with van der Waals surface area (Å²) in [7, 11) is 0. The highest BCUT2D eigenvalue weighted by Gasteiger charge is 2.26. The van der Waals surface area contributed by atoms with Gasteiger partial charge in [-0.3, -0.25) is 0 Å². The molecule has 3 heterocycles. The maximum atomic E-state index is 6.32. The van der Waals surface area contributed by atoms with Crippen molar-refractivity contribution in [2.24, 2.45) is 11.7 Å². The second kappa shape index (κ2) is 5.14. The van der Waals surface area contributed by atoms with Gasteiger partial charge in [-0.1, -0.05) is 5.16 Å². The Morgan fingerprint density at radius 1 is 1.58 bits per heavy atom. The number of rotatable bonds is 4. The number of aryl methyl sites for hydroxylation is 1. The first-order valence-electron chi connectivity index (χ1n) is 6.49. The summed E-state index contributed by atoms with van der Waals surface area (Å²) >= 11 is 0. The van der Waals surface area contributed by atoms with Gasteiger partial charge in [-0.25, -0.2) is 4.98 Å². The lowest BCUT2D eigenvalue weighted by Crippen LogP contribution is -2.24. The molecule has 2 atom stereocenters. The summed E-state index contributed by atoms with van der Waals surface area (Å²) in [5.74, 6) is 1.18. The Labute approximate surface area is 111 Å². The Balaban J connectivity index is 1.77. The van der Waals surface area contributed by atoms with E-state index >= 15 is 0 Å². The van der Waals surface area contributed by atoms with Crippen LogP contribution in [0, 0.1) is 12.8 Å². The van der Waals surface area contributed by atoms with Crippen molar-refractivity contribution in [2.45, 2.75) is 25.9 Å². The summed E-state index contributed by atoms with van der Waals surface area (Å²) in [5.41, 5.74) is 8.23. The van der Waals surface area contributed by atoms with Crippen LogP contribution in [0.5, 0.6) is 0 Å². The maximum Gasteiger partial charge on any atom is 0.133 e. The van der Waals surface area contributed by atoms with Crippen molar-refractivity contribution in [1.29, 1.82) is 0 Å². The van der Waals surface area contributed by atoms with E-state index < -0.39 is 0 Å². The van der Waals surface area contributed by atoms with Gasteiger partial charge < -0.3 is 19.6 Å². The third kappa shape index (κ3) is 2.54. The van der Waals surface area contributed by atoms with E-state index in [1.807, 2.05) is 23.8 Å².